The van der Waals surface area contributed by atoms with E-state index in [0.717, 1.165) is 36.3 Å². The molecule has 29 heavy (non-hydrogen) atoms. The molecule has 1 atom stereocenters. The van der Waals surface area contributed by atoms with Crippen LogP contribution >= 0.6 is 0 Å². The molecule has 9 nitrogen and oxygen atoms in total. The summed E-state index contributed by atoms with van der Waals surface area (Å²) in [6.07, 6.45) is 4.70. The van der Waals surface area contributed by atoms with Gasteiger partial charge in [-0.2, -0.15) is 5.10 Å². The van der Waals surface area contributed by atoms with Crippen LogP contribution in [0.4, 0.5) is 5.82 Å². The van der Waals surface area contributed by atoms with Gasteiger partial charge >= 0.3 is 0 Å². The summed E-state index contributed by atoms with van der Waals surface area (Å²) in [6, 6.07) is 10.3. The summed E-state index contributed by atoms with van der Waals surface area (Å²) in [7, 11) is 0. The molecule has 1 aliphatic heterocycles. The van der Waals surface area contributed by atoms with Gasteiger partial charge < -0.3 is 15.8 Å². The molecule has 0 unspecified atom stereocenters. The Labute approximate surface area is 167 Å². The Balaban J connectivity index is 1.32. The number of rotatable bonds is 5. The highest BCUT2D eigenvalue weighted by Gasteiger charge is 2.16. The molecule has 1 saturated heterocycles. The van der Waals surface area contributed by atoms with Crippen LogP contribution in [0.15, 0.2) is 42.7 Å². The van der Waals surface area contributed by atoms with E-state index in [1.807, 2.05) is 23.1 Å². The highest BCUT2D eigenvalue weighted by molar-refractivity contribution is 5.76. The van der Waals surface area contributed by atoms with Gasteiger partial charge in [0.2, 0.25) is 0 Å². The number of fused-ring (bicyclic) bond motifs is 1. The van der Waals surface area contributed by atoms with Gasteiger partial charge in [-0.25, -0.2) is 10.1 Å². The predicted octanol–water partition coefficient (Wildman–Crippen LogP) is 1.43. The maximum Gasteiger partial charge on any atom is 0.178 e. The zero-order chi connectivity index (χ0) is 19.6. The molecule has 4 aromatic rings. The van der Waals surface area contributed by atoms with Crippen LogP contribution in [0.2, 0.25) is 0 Å². The lowest BCUT2D eigenvalue weighted by Crippen LogP contribution is -2.33. The van der Waals surface area contributed by atoms with E-state index < -0.39 is 0 Å². The average Bonchev–Trinajstić information content (AvgIpc) is 3.38. The molecular weight excluding hydrogens is 368 g/mol. The SMILES string of the molecule is Nc1cc(Cc2cnn(Cc3cccc([C@@H]4CNCCO4)c3)c2)c2nn[nH]c2n1. The Bertz CT molecular complexity index is 1130. The van der Waals surface area contributed by atoms with E-state index >= 15 is 0 Å². The zero-order valence-corrected chi connectivity index (χ0v) is 15.9. The molecule has 4 heterocycles. The summed E-state index contributed by atoms with van der Waals surface area (Å²) < 4.78 is 7.81. The number of morpholine rings is 1. The van der Waals surface area contributed by atoms with E-state index in [2.05, 4.69) is 55.1 Å². The number of benzene rings is 1. The Morgan fingerprint density at radius 3 is 3.10 bits per heavy atom. The zero-order valence-electron chi connectivity index (χ0n) is 15.9. The third-order valence-corrected chi connectivity index (χ3v) is 5.07. The maximum atomic E-state index is 5.90. The second kappa shape index (κ2) is 7.61. The second-order valence-corrected chi connectivity index (χ2v) is 7.25. The lowest BCUT2D eigenvalue weighted by atomic mass is 10.1. The van der Waals surface area contributed by atoms with Crippen LogP contribution in [0.5, 0.6) is 0 Å². The lowest BCUT2D eigenvalue weighted by molar-refractivity contribution is 0.0276. The van der Waals surface area contributed by atoms with Gasteiger partial charge in [-0.3, -0.25) is 4.68 Å². The molecule has 0 spiro atoms. The van der Waals surface area contributed by atoms with Gasteiger partial charge in [-0.15, -0.1) is 5.10 Å². The van der Waals surface area contributed by atoms with Crippen molar-refractivity contribution in [2.45, 2.75) is 19.1 Å². The van der Waals surface area contributed by atoms with Crippen molar-refractivity contribution in [1.29, 1.82) is 0 Å². The summed E-state index contributed by atoms with van der Waals surface area (Å²) in [5.74, 6) is 0.446. The Morgan fingerprint density at radius 1 is 1.24 bits per heavy atom. The van der Waals surface area contributed by atoms with E-state index in [4.69, 9.17) is 10.5 Å². The van der Waals surface area contributed by atoms with Crippen molar-refractivity contribution in [3.05, 3.63) is 65.0 Å². The van der Waals surface area contributed by atoms with E-state index in [1.54, 1.807) is 0 Å². The van der Waals surface area contributed by atoms with Gasteiger partial charge in [-0.05, 0) is 28.3 Å². The molecule has 5 rings (SSSR count). The number of aromatic nitrogens is 6. The van der Waals surface area contributed by atoms with Crippen LogP contribution in [-0.2, 0) is 17.7 Å². The normalized spacial score (nSPS) is 17.0. The summed E-state index contributed by atoms with van der Waals surface area (Å²) >= 11 is 0. The summed E-state index contributed by atoms with van der Waals surface area (Å²) in [4.78, 5) is 4.21. The van der Waals surface area contributed by atoms with Crippen molar-refractivity contribution in [1.82, 2.24) is 35.5 Å². The van der Waals surface area contributed by atoms with Gasteiger partial charge in [0.1, 0.15) is 11.3 Å². The fraction of sp³-hybridized carbons (Fsp3) is 0.300. The van der Waals surface area contributed by atoms with Crippen molar-refractivity contribution in [3.8, 4) is 0 Å². The molecular formula is C20H22N8O. The smallest absolute Gasteiger partial charge is 0.178 e. The lowest BCUT2D eigenvalue weighted by Gasteiger charge is -2.24. The number of hydrogen-bond donors (Lipinski definition) is 3. The first-order chi connectivity index (χ1) is 14.2. The largest absolute Gasteiger partial charge is 0.384 e. The molecule has 148 valence electrons. The van der Waals surface area contributed by atoms with E-state index in [1.165, 1.54) is 11.1 Å². The first-order valence-corrected chi connectivity index (χ1v) is 9.63. The van der Waals surface area contributed by atoms with Crippen LogP contribution < -0.4 is 11.1 Å². The molecule has 1 fully saturated rings. The number of aromatic amines is 1. The molecule has 0 aliphatic carbocycles. The van der Waals surface area contributed by atoms with Gasteiger partial charge in [0, 0.05) is 25.7 Å². The number of nitrogens with one attached hydrogen (secondary N) is 2. The minimum absolute atomic E-state index is 0.110. The minimum Gasteiger partial charge on any atom is -0.384 e. The standard InChI is InChI=1S/C20H22N8O/c21-18-8-16(19-20(24-18)26-27-25-19)7-14-9-23-28(12-14)11-13-2-1-3-15(6-13)17-10-22-4-5-29-17/h1-3,6,8-9,12,17,22H,4-5,7,10-11H2,(H3,21,24,25,26,27)/t17-/m0/s1. The highest BCUT2D eigenvalue weighted by atomic mass is 16.5. The van der Waals surface area contributed by atoms with E-state index in [-0.39, 0.29) is 6.10 Å². The van der Waals surface area contributed by atoms with Gasteiger partial charge in [0.05, 0.1) is 25.5 Å². The number of nitrogens with two attached hydrogens (primary N) is 1. The molecule has 9 heteroatoms. The Hall–Kier alpha value is -3.30. The van der Waals surface area contributed by atoms with E-state index in [0.29, 0.717) is 24.4 Å². The first kappa shape index (κ1) is 17.8. The van der Waals surface area contributed by atoms with Crippen LogP contribution in [-0.4, -0.2) is 49.9 Å². The van der Waals surface area contributed by atoms with Crippen molar-refractivity contribution in [2.75, 3.05) is 25.4 Å². The highest BCUT2D eigenvalue weighted by Crippen LogP contribution is 2.21. The van der Waals surface area contributed by atoms with Crippen LogP contribution in [0.3, 0.4) is 0 Å². The monoisotopic (exact) mass is 390 g/mol. The predicted molar refractivity (Wildman–Crippen MR) is 108 cm³/mol. The minimum atomic E-state index is 0.110. The van der Waals surface area contributed by atoms with Crippen molar-refractivity contribution >= 4 is 17.0 Å². The van der Waals surface area contributed by atoms with Gasteiger partial charge in [0.25, 0.3) is 0 Å². The molecule has 1 aromatic carbocycles. The molecule has 4 N–H and O–H groups in total. The first-order valence-electron chi connectivity index (χ1n) is 9.63. The van der Waals surface area contributed by atoms with Crippen molar-refractivity contribution < 1.29 is 4.74 Å². The third kappa shape index (κ3) is 3.82. The average molecular weight is 390 g/mol. The van der Waals surface area contributed by atoms with Crippen LogP contribution in [0, 0.1) is 0 Å². The third-order valence-electron chi connectivity index (χ3n) is 5.07. The molecule has 0 saturated carbocycles. The summed E-state index contributed by atoms with van der Waals surface area (Å²) in [6.45, 7) is 3.21. The van der Waals surface area contributed by atoms with Crippen LogP contribution in [0.25, 0.3) is 11.2 Å². The number of nitrogen functional groups attached to an aromatic ring is 1. The number of H-pyrrole nitrogens is 1. The summed E-state index contributed by atoms with van der Waals surface area (Å²) in [5.41, 5.74) is 11.7. The van der Waals surface area contributed by atoms with Gasteiger partial charge in [-0.1, -0.05) is 29.5 Å². The topological polar surface area (TPSA) is 120 Å². The fourth-order valence-electron chi connectivity index (χ4n) is 3.72. The van der Waals surface area contributed by atoms with Crippen LogP contribution in [0.1, 0.15) is 28.4 Å². The number of pyridine rings is 1. The number of anilines is 1. The molecule has 0 radical (unpaired) electrons. The molecule has 0 bridgehead atoms. The van der Waals surface area contributed by atoms with Crippen molar-refractivity contribution in [2.24, 2.45) is 0 Å². The maximum absolute atomic E-state index is 5.90. The molecule has 0 amide bonds. The second-order valence-electron chi connectivity index (χ2n) is 7.25. The number of ether oxygens (including phenoxy) is 1. The molecule has 1 aliphatic rings. The fourth-order valence-corrected chi connectivity index (χ4v) is 3.72. The Morgan fingerprint density at radius 2 is 2.21 bits per heavy atom. The number of hydrogen-bond acceptors (Lipinski definition) is 7. The Kier molecular flexibility index (Phi) is 4.66. The quantitative estimate of drug-likeness (QED) is 0.471. The van der Waals surface area contributed by atoms with Crippen molar-refractivity contribution in [3.63, 3.8) is 0 Å². The van der Waals surface area contributed by atoms with Gasteiger partial charge in [0.15, 0.2) is 5.65 Å². The summed E-state index contributed by atoms with van der Waals surface area (Å²) in [5, 5.41) is 18.6. The van der Waals surface area contributed by atoms with E-state index in [9.17, 15) is 0 Å². The molecule has 3 aromatic heterocycles. The number of nitrogens with zero attached hydrogens (tertiary/aromatic N) is 5.